The lowest BCUT2D eigenvalue weighted by Gasteiger charge is -2.04. The molecule has 1 aromatic heterocycles. The number of carbonyl (C=O) groups excluding carboxylic acids is 1. The number of anilines is 1. The Morgan fingerprint density at radius 2 is 1.94 bits per heavy atom. The normalized spacial score (nSPS) is 9.81. The molecule has 4 nitrogen and oxygen atoms in total. The number of hydrogen-bond acceptors (Lipinski definition) is 4. The highest BCUT2D eigenvalue weighted by molar-refractivity contribution is 6.09. The zero-order valence-electron chi connectivity index (χ0n) is 8.52. The van der Waals surface area contributed by atoms with Crippen molar-refractivity contribution in [2.75, 3.05) is 5.73 Å². The first kappa shape index (κ1) is 12.3. The number of carbonyl (C=O) groups is 1. The summed E-state index contributed by atoms with van der Waals surface area (Å²) in [7, 11) is 0. The molecule has 5 heteroatoms. The molecular formula is C11H10ClNO3. The van der Waals surface area contributed by atoms with Gasteiger partial charge in [0.2, 0.25) is 0 Å². The second-order valence-electron chi connectivity index (χ2n) is 3.23. The second kappa shape index (κ2) is 4.37. The van der Waals surface area contributed by atoms with Crippen LogP contribution in [-0.4, -0.2) is 5.78 Å². The minimum Gasteiger partial charge on any atom is -0.421 e. The number of Topliss-reactive ketones (excluding diaryl/α,β-unsaturated/α-hetero) is 1. The van der Waals surface area contributed by atoms with Gasteiger partial charge in [0.05, 0.1) is 5.56 Å². The maximum absolute atomic E-state index is 11.4. The van der Waals surface area contributed by atoms with Crippen molar-refractivity contribution in [3.8, 4) is 0 Å². The third-order valence-electron chi connectivity index (χ3n) is 2.20. The molecule has 0 saturated heterocycles. The van der Waals surface area contributed by atoms with Crippen molar-refractivity contribution < 1.29 is 9.21 Å². The highest BCUT2D eigenvalue weighted by atomic mass is 35.5. The number of ketones is 1. The number of halogens is 1. The Hall–Kier alpha value is -1.81. The molecule has 0 radical (unpaired) electrons. The topological polar surface area (TPSA) is 73.3 Å². The Morgan fingerprint density at radius 1 is 1.31 bits per heavy atom. The molecule has 0 saturated carbocycles. The van der Waals surface area contributed by atoms with Crippen molar-refractivity contribution in [2.45, 2.75) is 6.92 Å². The predicted octanol–water partition coefficient (Wildman–Crippen LogP) is 2.00. The minimum absolute atomic E-state index is 0. The van der Waals surface area contributed by atoms with E-state index in [4.69, 9.17) is 10.2 Å². The van der Waals surface area contributed by atoms with E-state index in [0.717, 1.165) is 0 Å². The maximum Gasteiger partial charge on any atom is 0.360 e. The Morgan fingerprint density at radius 3 is 2.56 bits per heavy atom. The van der Waals surface area contributed by atoms with Gasteiger partial charge in [-0.3, -0.25) is 4.79 Å². The Balaban J connectivity index is 0.00000128. The van der Waals surface area contributed by atoms with Crippen LogP contribution in [0.5, 0.6) is 0 Å². The first-order chi connectivity index (χ1) is 7.11. The molecule has 0 spiro atoms. The summed E-state index contributed by atoms with van der Waals surface area (Å²) in [5, 5.41) is 0.571. The summed E-state index contributed by atoms with van der Waals surface area (Å²) in [5.74, 6) is -0.239. The Bertz CT molecular complexity index is 604. The van der Waals surface area contributed by atoms with Gasteiger partial charge in [0.25, 0.3) is 0 Å². The lowest BCUT2D eigenvalue weighted by atomic mass is 10.1. The molecule has 2 rings (SSSR count). The molecule has 2 aromatic rings. The zero-order valence-corrected chi connectivity index (χ0v) is 9.34. The van der Waals surface area contributed by atoms with Crippen LogP contribution in [-0.2, 0) is 0 Å². The summed E-state index contributed by atoms with van der Waals surface area (Å²) in [6, 6.07) is 6.81. The van der Waals surface area contributed by atoms with E-state index in [9.17, 15) is 9.59 Å². The summed E-state index contributed by atoms with van der Waals surface area (Å²) in [6.45, 7) is 1.37. The summed E-state index contributed by atoms with van der Waals surface area (Å²) >= 11 is 0. The van der Waals surface area contributed by atoms with Gasteiger partial charge in [0, 0.05) is 5.39 Å². The first-order valence-corrected chi connectivity index (χ1v) is 4.43. The van der Waals surface area contributed by atoms with Crippen LogP contribution in [0.4, 0.5) is 5.69 Å². The zero-order chi connectivity index (χ0) is 11.0. The second-order valence-corrected chi connectivity index (χ2v) is 3.23. The van der Waals surface area contributed by atoms with Crippen molar-refractivity contribution in [1.29, 1.82) is 0 Å². The van der Waals surface area contributed by atoms with Gasteiger partial charge in [0.1, 0.15) is 11.3 Å². The monoisotopic (exact) mass is 239 g/mol. The van der Waals surface area contributed by atoms with Crippen LogP contribution in [0, 0.1) is 0 Å². The molecule has 0 bridgehead atoms. The van der Waals surface area contributed by atoms with Crippen LogP contribution in [0.25, 0.3) is 11.0 Å². The number of benzene rings is 1. The average Bonchev–Trinajstić information content (AvgIpc) is 2.19. The largest absolute Gasteiger partial charge is 0.421 e. The molecule has 2 N–H and O–H groups in total. The van der Waals surface area contributed by atoms with E-state index in [0.29, 0.717) is 11.0 Å². The van der Waals surface area contributed by atoms with Gasteiger partial charge >= 0.3 is 5.63 Å². The molecule has 0 aliphatic heterocycles. The predicted molar refractivity (Wildman–Crippen MR) is 64.1 cm³/mol. The molecule has 0 fully saturated rings. The molecule has 84 valence electrons. The van der Waals surface area contributed by atoms with Gasteiger partial charge in [-0.15, -0.1) is 12.4 Å². The fraction of sp³-hybridized carbons (Fsp3) is 0.0909. The van der Waals surface area contributed by atoms with E-state index in [2.05, 4.69) is 0 Å². The smallest absolute Gasteiger partial charge is 0.360 e. The number of para-hydroxylation sites is 1. The standard InChI is InChI=1S/C11H9NO3.ClH/c1-6(13)9-7-4-2-3-5-8(7)15-11(14)10(9)12;/h2-5H,12H2,1H3;1H. The SMILES string of the molecule is CC(=O)c1c(N)c(=O)oc2ccccc12.Cl. The average molecular weight is 240 g/mol. The minimum atomic E-state index is -0.668. The molecule has 0 unspecified atom stereocenters. The number of nitrogens with two attached hydrogens (primary N) is 1. The fourth-order valence-corrected chi connectivity index (χ4v) is 1.54. The van der Waals surface area contributed by atoms with Crippen molar-refractivity contribution >= 4 is 34.8 Å². The summed E-state index contributed by atoms with van der Waals surface area (Å²) < 4.78 is 4.95. The van der Waals surface area contributed by atoms with Crippen LogP contribution < -0.4 is 11.4 Å². The summed E-state index contributed by atoms with van der Waals surface area (Å²) in [6.07, 6.45) is 0. The van der Waals surface area contributed by atoms with Gasteiger partial charge in [0.15, 0.2) is 5.78 Å². The molecule has 16 heavy (non-hydrogen) atoms. The van der Waals surface area contributed by atoms with Gasteiger partial charge in [-0.1, -0.05) is 18.2 Å². The van der Waals surface area contributed by atoms with Gasteiger partial charge < -0.3 is 10.2 Å². The molecule has 1 heterocycles. The summed E-state index contributed by atoms with van der Waals surface area (Å²) in [4.78, 5) is 22.7. The van der Waals surface area contributed by atoms with E-state index >= 15 is 0 Å². The van der Waals surface area contributed by atoms with E-state index in [-0.39, 0.29) is 29.4 Å². The van der Waals surface area contributed by atoms with E-state index < -0.39 is 5.63 Å². The van der Waals surface area contributed by atoms with Gasteiger partial charge in [-0.2, -0.15) is 0 Å². The molecular weight excluding hydrogens is 230 g/mol. The van der Waals surface area contributed by atoms with Crippen molar-refractivity contribution in [2.24, 2.45) is 0 Å². The molecule has 0 amide bonds. The third-order valence-corrected chi connectivity index (χ3v) is 2.20. The lowest BCUT2D eigenvalue weighted by molar-refractivity contribution is 0.101. The van der Waals surface area contributed by atoms with Crippen LogP contribution in [0.3, 0.4) is 0 Å². The van der Waals surface area contributed by atoms with E-state index in [1.165, 1.54) is 6.92 Å². The van der Waals surface area contributed by atoms with E-state index in [1.807, 2.05) is 0 Å². The fourth-order valence-electron chi connectivity index (χ4n) is 1.54. The molecule has 0 aliphatic rings. The van der Waals surface area contributed by atoms with Crippen LogP contribution in [0.2, 0.25) is 0 Å². The highest BCUT2D eigenvalue weighted by Crippen LogP contribution is 2.21. The quantitative estimate of drug-likeness (QED) is 0.610. The van der Waals surface area contributed by atoms with Gasteiger partial charge in [-0.25, -0.2) is 4.79 Å². The molecule has 0 aliphatic carbocycles. The number of nitrogen functional groups attached to an aromatic ring is 1. The third kappa shape index (κ3) is 1.79. The first-order valence-electron chi connectivity index (χ1n) is 4.43. The number of fused-ring (bicyclic) bond motifs is 1. The van der Waals surface area contributed by atoms with Crippen molar-refractivity contribution in [3.05, 3.63) is 40.2 Å². The van der Waals surface area contributed by atoms with E-state index in [1.54, 1.807) is 24.3 Å². The maximum atomic E-state index is 11.4. The Kier molecular flexibility index (Phi) is 3.34. The Labute approximate surface area is 97.5 Å². The van der Waals surface area contributed by atoms with Gasteiger partial charge in [-0.05, 0) is 13.0 Å². The van der Waals surface area contributed by atoms with Crippen molar-refractivity contribution in [3.63, 3.8) is 0 Å². The van der Waals surface area contributed by atoms with Crippen LogP contribution >= 0.6 is 12.4 Å². The lowest BCUT2D eigenvalue weighted by Crippen LogP contribution is -2.13. The molecule has 0 atom stereocenters. The number of rotatable bonds is 1. The van der Waals surface area contributed by atoms with Crippen LogP contribution in [0.1, 0.15) is 17.3 Å². The summed E-state index contributed by atoms with van der Waals surface area (Å²) in [5.41, 5.74) is 5.35. The molecule has 1 aromatic carbocycles. The van der Waals surface area contributed by atoms with Crippen LogP contribution in [0.15, 0.2) is 33.5 Å². The van der Waals surface area contributed by atoms with Crippen molar-refractivity contribution in [1.82, 2.24) is 0 Å². The highest BCUT2D eigenvalue weighted by Gasteiger charge is 2.14. The number of hydrogen-bond donors (Lipinski definition) is 1.